The minimum absolute atomic E-state index is 0.486. The molecular weight excluding hydrogens is 458 g/mol. The quantitative estimate of drug-likeness (QED) is 0.255. The highest BCUT2D eigenvalue weighted by atomic mass is 32.1. The van der Waals surface area contributed by atoms with Crippen molar-refractivity contribution < 1.29 is 0 Å². The average Bonchev–Trinajstić information content (AvgIpc) is 3.33. The van der Waals surface area contributed by atoms with E-state index in [-0.39, 0.29) is 0 Å². The molecule has 0 atom stereocenters. The van der Waals surface area contributed by atoms with Gasteiger partial charge in [0.1, 0.15) is 0 Å². The Bertz CT molecular complexity index is 1730. The second kappa shape index (κ2) is 9.04. The summed E-state index contributed by atoms with van der Waals surface area (Å²) in [5.74, 6) is 0. The molecule has 3 nitrogen and oxygen atoms in total. The zero-order valence-corrected chi connectivity index (χ0v) is 20.0. The van der Waals surface area contributed by atoms with E-state index in [0.29, 0.717) is 11.1 Å². The molecule has 0 N–H and O–H groups in total. The molecule has 1 aromatic heterocycles. The molecule has 4 heteroatoms. The first-order valence-electron chi connectivity index (χ1n) is 11.6. The summed E-state index contributed by atoms with van der Waals surface area (Å²) in [6, 6.07) is 43.3. The second-order valence-corrected chi connectivity index (χ2v) is 9.58. The van der Waals surface area contributed by atoms with Crippen molar-refractivity contribution in [1.29, 1.82) is 10.5 Å². The Balaban J connectivity index is 1.62. The van der Waals surface area contributed by atoms with E-state index in [0.717, 1.165) is 33.6 Å². The Morgan fingerprint density at radius 2 is 1.19 bits per heavy atom. The van der Waals surface area contributed by atoms with Crippen LogP contribution < -0.4 is 4.90 Å². The van der Waals surface area contributed by atoms with Gasteiger partial charge in [-0.1, -0.05) is 48.5 Å². The summed E-state index contributed by atoms with van der Waals surface area (Å²) in [4.78, 5) is 2.30. The predicted molar refractivity (Wildman–Crippen MR) is 149 cm³/mol. The Kier molecular flexibility index (Phi) is 5.43. The summed E-state index contributed by atoms with van der Waals surface area (Å²) < 4.78 is 2.40. The van der Waals surface area contributed by atoms with Crippen LogP contribution in [0.5, 0.6) is 0 Å². The third kappa shape index (κ3) is 3.77. The molecule has 0 saturated heterocycles. The Morgan fingerprint density at radius 1 is 0.556 bits per heavy atom. The van der Waals surface area contributed by atoms with E-state index in [9.17, 15) is 10.5 Å². The zero-order valence-electron chi connectivity index (χ0n) is 19.2. The lowest BCUT2D eigenvalue weighted by molar-refractivity contribution is 1.30. The van der Waals surface area contributed by atoms with Gasteiger partial charge < -0.3 is 4.90 Å². The van der Waals surface area contributed by atoms with Crippen LogP contribution in [-0.2, 0) is 0 Å². The number of hydrogen-bond donors (Lipinski definition) is 0. The molecule has 0 fully saturated rings. The maximum Gasteiger partial charge on any atom is 0.0992 e. The van der Waals surface area contributed by atoms with Crippen LogP contribution in [0.3, 0.4) is 0 Å². The van der Waals surface area contributed by atoms with Crippen LogP contribution >= 0.6 is 11.3 Å². The van der Waals surface area contributed by atoms with Crippen molar-refractivity contribution >= 4 is 48.6 Å². The van der Waals surface area contributed by atoms with Crippen LogP contribution in [-0.4, -0.2) is 0 Å². The number of para-hydroxylation sites is 2. The zero-order chi connectivity index (χ0) is 24.5. The summed E-state index contributed by atoms with van der Waals surface area (Å²) in [5.41, 5.74) is 6.11. The van der Waals surface area contributed by atoms with Gasteiger partial charge in [-0.3, -0.25) is 0 Å². The first-order valence-corrected chi connectivity index (χ1v) is 12.4. The van der Waals surface area contributed by atoms with Gasteiger partial charge in [0.2, 0.25) is 0 Å². The standard InChI is InChI=1S/C32H19N3S/c33-20-22-16-23(21-34)18-25(17-22)24-14-15-30-28(19-24)32-29(12-7-13-31(32)36-30)35(26-8-3-1-4-9-26)27-10-5-2-6-11-27/h1-19H. The van der Waals surface area contributed by atoms with Gasteiger partial charge in [-0.05, 0) is 77.9 Å². The van der Waals surface area contributed by atoms with Crippen LogP contribution in [0.2, 0.25) is 0 Å². The monoisotopic (exact) mass is 477 g/mol. The predicted octanol–water partition coefficient (Wildman–Crippen LogP) is 8.93. The van der Waals surface area contributed by atoms with Crippen LogP contribution in [0.25, 0.3) is 31.3 Å². The van der Waals surface area contributed by atoms with Gasteiger partial charge in [0.05, 0.1) is 29.0 Å². The first kappa shape index (κ1) is 21.6. The molecule has 36 heavy (non-hydrogen) atoms. The summed E-state index contributed by atoms with van der Waals surface area (Å²) in [7, 11) is 0. The lowest BCUT2D eigenvalue weighted by Gasteiger charge is -2.26. The third-order valence-electron chi connectivity index (χ3n) is 6.27. The van der Waals surface area contributed by atoms with Crippen molar-refractivity contribution in [3.05, 3.63) is 126 Å². The Hall–Kier alpha value is -4.90. The first-order chi connectivity index (χ1) is 17.7. The summed E-state index contributed by atoms with van der Waals surface area (Å²) in [5, 5.41) is 21.3. The molecule has 0 spiro atoms. The maximum atomic E-state index is 9.46. The molecule has 168 valence electrons. The molecule has 0 radical (unpaired) electrons. The van der Waals surface area contributed by atoms with E-state index in [1.165, 1.54) is 14.8 Å². The fourth-order valence-electron chi connectivity index (χ4n) is 4.68. The molecule has 5 aromatic carbocycles. The highest BCUT2D eigenvalue weighted by Crippen LogP contribution is 2.45. The molecule has 0 aliphatic heterocycles. The molecule has 1 heterocycles. The van der Waals surface area contributed by atoms with E-state index >= 15 is 0 Å². The number of hydrogen-bond acceptors (Lipinski definition) is 4. The van der Waals surface area contributed by atoms with Crippen molar-refractivity contribution in [2.75, 3.05) is 4.90 Å². The molecule has 0 unspecified atom stereocenters. The largest absolute Gasteiger partial charge is 0.310 e. The number of rotatable bonds is 4. The van der Waals surface area contributed by atoms with Crippen molar-refractivity contribution in [2.45, 2.75) is 0 Å². The summed E-state index contributed by atoms with van der Waals surface area (Å²) in [6.45, 7) is 0. The maximum absolute atomic E-state index is 9.46. The number of nitriles is 2. The molecule has 6 aromatic rings. The van der Waals surface area contributed by atoms with Gasteiger partial charge in [0.25, 0.3) is 0 Å². The fourth-order valence-corrected chi connectivity index (χ4v) is 5.79. The van der Waals surface area contributed by atoms with Gasteiger partial charge in [0.15, 0.2) is 0 Å². The van der Waals surface area contributed by atoms with Crippen LogP contribution in [0, 0.1) is 22.7 Å². The number of anilines is 3. The number of fused-ring (bicyclic) bond motifs is 3. The van der Waals surface area contributed by atoms with Crippen molar-refractivity contribution in [3.8, 4) is 23.3 Å². The minimum Gasteiger partial charge on any atom is -0.310 e. The summed E-state index contributed by atoms with van der Waals surface area (Å²) in [6.07, 6.45) is 0. The minimum atomic E-state index is 0.486. The highest BCUT2D eigenvalue weighted by Gasteiger charge is 2.18. The number of benzene rings is 5. The van der Waals surface area contributed by atoms with E-state index in [1.807, 2.05) is 24.3 Å². The molecule has 0 saturated carbocycles. The second-order valence-electron chi connectivity index (χ2n) is 8.49. The normalized spacial score (nSPS) is 10.7. The third-order valence-corrected chi connectivity index (χ3v) is 7.40. The van der Waals surface area contributed by atoms with Crippen molar-refractivity contribution in [1.82, 2.24) is 0 Å². The lowest BCUT2D eigenvalue weighted by atomic mass is 9.98. The van der Waals surface area contributed by atoms with E-state index < -0.39 is 0 Å². The molecule has 0 amide bonds. The van der Waals surface area contributed by atoms with E-state index in [1.54, 1.807) is 17.4 Å². The van der Waals surface area contributed by atoms with Gasteiger partial charge in [-0.25, -0.2) is 0 Å². The van der Waals surface area contributed by atoms with Crippen LogP contribution in [0.15, 0.2) is 115 Å². The molecular formula is C32H19N3S. The molecule has 0 aliphatic rings. The average molecular weight is 478 g/mol. The van der Waals surface area contributed by atoms with E-state index in [4.69, 9.17) is 0 Å². The smallest absolute Gasteiger partial charge is 0.0992 e. The van der Waals surface area contributed by atoms with Gasteiger partial charge in [0, 0.05) is 31.5 Å². The van der Waals surface area contributed by atoms with E-state index in [2.05, 4.69) is 102 Å². The molecule has 6 rings (SSSR count). The summed E-state index contributed by atoms with van der Waals surface area (Å²) >= 11 is 1.77. The number of nitrogens with zero attached hydrogens (tertiary/aromatic N) is 3. The molecule has 0 aliphatic carbocycles. The topological polar surface area (TPSA) is 50.8 Å². The van der Waals surface area contributed by atoms with Crippen molar-refractivity contribution in [3.63, 3.8) is 0 Å². The lowest BCUT2D eigenvalue weighted by Crippen LogP contribution is -2.09. The van der Waals surface area contributed by atoms with Gasteiger partial charge >= 0.3 is 0 Å². The highest BCUT2D eigenvalue weighted by molar-refractivity contribution is 7.26. The van der Waals surface area contributed by atoms with Crippen LogP contribution in [0.1, 0.15) is 11.1 Å². The SMILES string of the molecule is N#Cc1cc(C#N)cc(-c2ccc3sc4cccc(N(c5ccccc5)c5ccccc5)c4c3c2)c1. The Labute approximate surface area is 213 Å². The van der Waals surface area contributed by atoms with Crippen LogP contribution in [0.4, 0.5) is 17.1 Å². The Morgan fingerprint density at radius 3 is 1.81 bits per heavy atom. The number of thiophene rings is 1. The van der Waals surface area contributed by atoms with Gasteiger partial charge in [-0.2, -0.15) is 10.5 Å². The van der Waals surface area contributed by atoms with Crippen molar-refractivity contribution in [2.24, 2.45) is 0 Å². The van der Waals surface area contributed by atoms with Gasteiger partial charge in [-0.15, -0.1) is 11.3 Å². The fraction of sp³-hybridized carbons (Fsp3) is 0. The molecule has 0 bridgehead atoms.